The van der Waals surface area contributed by atoms with E-state index >= 15 is 0 Å². The summed E-state index contributed by atoms with van der Waals surface area (Å²) in [6, 6.07) is 0.339. The largest absolute Gasteiger partial charge is 0.384 e. The van der Waals surface area contributed by atoms with Crippen LogP contribution < -0.4 is 5.73 Å². The standard InChI is InChI=1S/C10H17N3O/c1-10(2,3)8-4-12-13(9(8)11)7-5-14-6-7/h4,7H,5-6,11H2,1-3H3. The molecule has 0 unspecified atom stereocenters. The Morgan fingerprint density at radius 3 is 2.50 bits per heavy atom. The quantitative estimate of drug-likeness (QED) is 0.735. The Labute approximate surface area is 84.0 Å². The number of anilines is 1. The first-order valence-corrected chi connectivity index (χ1v) is 4.91. The van der Waals surface area contributed by atoms with E-state index in [-0.39, 0.29) is 5.41 Å². The molecule has 78 valence electrons. The average Bonchev–Trinajstić information content (AvgIpc) is 2.28. The second-order valence-corrected chi connectivity index (χ2v) is 4.83. The zero-order chi connectivity index (χ0) is 10.3. The van der Waals surface area contributed by atoms with Gasteiger partial charge in [0.25, 0.3) is 0 Å². The van der Waals surface area contributed by atoms with Gasteiger partial charge < -0.3 is 10.5 Å². The topological polar surface area (TPSA) is 53.1 Å². The van der Waals surface area contributed by atoms with Gasteiger partial charge in [0.05, 0.1) is 19.4 Å². The number of hydrogen-bond acceptors (Lipinski definition) is 3. The second kappa shape index (κ2) is 2.98. The normalized spacial score (nSPS) is 18.2. The molecule has 14 heavy (non-hydrogen) atoms. The number of hydrogen-bond donors (Lipinski definition) is 1. The van der Waals surface area contributed by atoms with Gasteiger partial charge >= 0.3 is 0 Å². The first-order valence-electron chi connectivity index (χ1n) is 4.91. The molecule has 1 saturated heterocycles. The van der Waals surface area contributed by atoms with Crippen LogP contribution in [0.25, 0.3) is 0 Å². The minimum atomic E-state index is 0.0624. The molecule has 0 atom stereocenters. The highest BCUT2D eigenvalue weighted by Gasteiger charge is 2.27. The maximum atomic E-state index is 6.04. The molecule has 2 rings (SSSR count). The summed E-state index contributed by atoms with van der Waals surface area (Å²) >= 11 is 0. The molecule has 0 amide bonds. The highest BCUT2D eigenvalue weighted by Crippen LogP contribution is 2.30. The van der Waals surface area contributed by atoms with E-state index < -0.39 is 0 Å². The van der Waals surface area contributed by atoms with Gasteiger partial charge in [-0.2, -0.15) is 5.10 Å². The molecule has 2 heterocycles. The zero-order valence-electron chi connectivity index (χ0n) is 8.95. The van der Waals surface area contributed by atoms with Gasteiger partial charge in [0.1, 0.15) is 11.9 Å². The number of nitrogens with zero attached hydrogens (tertiary/aromatic N) is 2. The van der Waals surface area contributed by atoms with Crippen LogP contribution in [0.2, 0.25) is 0 Å². The van der Waals surface area contributed by atoms with Crippen molar-refractivity contribution in [3.8, 4) is 0 Å². The van der Waals surface area contributed by atoms with Crippen LogP contribution in [0.15, 0.2) is 6.20 Å². The van der Waals surface area contributed by atoms with E-state index in [4.69, 9.17) is 10.5 Å². The maximum absolute atomic E-state index is 6.04. The summed E-state index contributed by atoms with van der Waals surface area (Å²) in [6.45, 7) is 7.89. The summed E-state index contributed by atoms with van der Waals surface area (Å²) in [4.78, 5) is 0. The van der Waals surface area contributed by atoms with Gasteiger partial charge in [-0.25, -0.2) is 4.68 Å². The van der Waals surface area contributed by atoms with Crippen LogP contribution in [0.1, 0.15) is 32.4 Å². The highest BCUT2D eigenvalue weighted by molar-refractivity contribution is 5.43. The van der Waals surface area contributed by atoms with Crippen LogP contribution >= 0.6 is 0 Å². The van der Waals surface area contributed by atoms with E-state index in [2.05, 4.69) is 25.9 Å². The van der Waals surface area contributed by atoms with Crippen molar-refractivity contribution < 1.29 is 4.74 Å². The number of nitrogen functional groups attached to an aromatic ring is 1. The molecular weight excluding hydrogens is 178 g/mol. The molecule has 1 aromatic rings. The lowest BCUT2D eigenvalue weighted by molar-refractivity contribution is -0.0276. The number of ether oxygens (including phenoxy) is 1. The third-order valence-corrected chi connectivity index (χ3v) is 2.61. The first-order chi connectivity index (χ1) is 6.50. The van der Waals surface area contributed by atoms with Gasteiger partial charge in [0, 0.05) is 5.56 Å². The molecule has 0 radical (unpaired) electrons. The van der Waals surface area contributed by atoms with Crippen LogP contribution in [0.5, 0.6) is 0 Å². The van der Waals surface area contributed by atoms with E-state index in [0.717, 1.165) is 24.6 Å². The van der Waals surface area contributed by atoms with Gasteiger partial charge in [0.2, 0.25) is 0 Å². The van der Waals surface area contributed by atoms with Crippen molar-refractivity contribution in [2.45, 2.75) is 32.2 Å². The molecule has 0 aromatic carbocycles. The van der Waals surface area contributed by atoms with Crippen LogP contribution in [0.3, 0.4) is 0 Å². The predicted molar refractivity (Wildman–Crippen MR) is 55.2 cm³/mol. The van der Waals surface area contributed by atoms with Crippen molar-refractivity contribution in [1.82, 2.24) is 9.78 Å². The monoisotopic (exact) mass is 195 g/mol. The zero-order valence-corrected chi connectivity index (χ0v) is 8.95. The molecule has 1 aromatic heterocycles. The Morgan fingerprint density at radius 2 is 2.14 bits per heavy atom. The molecule has 1 fully saturated rings. The lowest BCUT2D eigenvalue weighted by Crippen LogP contribution is -2.32. The molecule has 4 heteroatoms. The molecule has 0 bridgehead atoms. The number of nitrogens with two attached hydrogens (primary N) is 1. The summed E-state index contributed by atoms with van der Waals surface area (Å²) in [7, 11) is 0. The molecule has 0 aliphatic carbocycles. The molecule has 1 aliphatic heterocycles. The fraction of sp³-hybridized carbons (Fsp3) is 0.700. The smallest absolute Gasteiger partial charge is 0.125 e. The summed E-state index contributed by atoms with van der Waals surface area (Å²) < 4.78 is 7.00. The summed E-state index contributed by atoms with van der Waals surface area (Å²) in [6.07, 6.45) is 1.87. The molecule has 0 spiro atoms. The fourth-order valence-electron chi connectivity index (χ4n) is 1.60. The Bertz CT molecular complexity index is 334. The lowest BCUT2D eigenvalue weighted by atomic mass is 9.89. The lowest BCUT2D eigenvalue weighted by Gasteiger charge is -2.27. The van der Waals surface area contributed by atoms with Crippen LogP contribution in [0, 0.1) is 0 Å². The molecular formula is C10H17N3O. The van der Waals surface area contributed by atoms with Crippen LogP contribution in [-0.4, -0.2) is 23.0 Å². The van der Waals surface area contributed by atoms with Crippen molar-refractivity contribution in [3.05, 3.63) is 11.8 Å². The number of aromatic nitrogens is 2. The van der Waals surface area contributed by atoms with E-state index in [0.29, 0.717) is 6.04 Å². The Hall–Kier alpha value is -1.03. The third kappa shape index (κ3) is 1.39. The van der Waals surface area contributed by atoms with Crippen molar-refractivity contribution in [1.29, 1.82) is 0 Å². The van der Waals surface area contributed by atoms with Crippen molar-refractivity contribution in [3.63, 3.8) is 0 Å². The second-order valence-electron chi connectivity index (χ2n) is 4.83. The summed E-state index contributed by atoms with van der Waals surface area (Å²) in [5.74, 6) is 0.783. The predicted octanol–water partition coefficient (Wildman–Crippen LogP) is 1.33. The number of rotatable bonds is 1. The van der Waals surface area contributed by atoms with E-state index in [1.165, 1.54) is 0 Å². The van der Waals surface area contributed by atoms with E-state index in [1.807, 2.05) is 10.9 Å². The molecule has 0 saturated carbocycles. The van der Waals surface area contributed by atoms with Crippen molar-refractivity contribution in [2.75, 3.05) is 18.9 Å². The van der Waals surface area contributed by atoms with Gasteiger partial charge in [-0.1, -0.05) is 20.8 Å². The van der Waals surface area contributed by atoms with Gasteiger partial charge in [0.15, 0.2) is 0 Å². The molecule has 1 aliphatic rings. The molecule has 4 nitrogen and oxygen atoms in total. The van der Waals surface area contributed by atoms with Crippen LogP contribution in [0.4, 0.5) is 5.82 Å². The summed E-state index contributed by atoms with van der Waals surface area (Å²) in [5.41, 5.74) is 7.22. The third-order valence-electron chi connectivity index (χ3n) is 2.61. The Kier molecular flexibility index (Phi) is 2.03. The minimum absolute atomic E-state index is 0.0624. The SMILES string of the molecule is CC(C)(C)c1cnn(C2COC2)c1N. The summed E-state index contributed by atoms with van der Waals surface area (Å²) in [5, 5.41) is 4.32. The van der Waals surface area contributed by atoms with E-state index in [1.54, 1.807) is 0 Å². The van der Waals surface area contributed by atoms with Gasteiger partial charge in [-0.05, 0) is 5.41 Å². The Balaban J connectivity index is 2.32. The minimum Gasteiger partial charge on any atom is -0.384 e. The van der Waals surface area contributed by atoms with Crippen molar-refractivity contribution in [2.24, 2.45) is 0 Å². The maximum Gasteiger partial charge on any atom is 0.125 e. The van der Waals surface area contributed by atoms with Crippen molar-refractivity contribution >= 4 is 5.82 Å². The molecule has 2 N–H and O–H groups in total. The Morgan fingerprint density at radius 1 is 1.50 bits per heavy atom. The average molecular weight is 195 g/mol. The van der Waals surface area contributed by atoms with Crippen LogP contribution in [-0.2, 0) is 10.2 Å². The first kappa shape index (κ1) is 9.52. The van der Waals surface area contributed by atoms with Gasteiger partial charge in [-0.15, -0.1) is 0 Å². The van der Waals surface area contributed by atoms with Gasteiger partial charge in [-0.3, -0.25) is 0 Å². The highest BCUT2D eigenvalue weighted by atomic mass is 16.5. The fourth-order valence-corrected chi connectivity index (χ4v) is 1.60. The van der Waals surface area contributed by atoms with E-state index in [9.17, 15) is 0 Å².